The maximum Gasteiger partial charge on any atom is 0.417 e. The second-order valence-electron chi connectivity index (χ2n) is 11.8. The molecule has 3 aliphatic rings. The molecule has 4 aromatic rings. The van der Waals surface area contributed by atoms with Gasteiger partial charge in [-0.15, -0.1) is 11.3 Å². The second kappa shape index (κ2) is 10.1. The Hall–Kier alpha value is -3.83. The molecule has 3 saturated heterocycles. The molecule has 3 atom stereocenters. The topological polar surface area (TPSA) is 91.3 Å². The summed E-state index contributed by atoms with van der Waals surface area (Å²) >= 11 is 0.701. The van der Waals surface area contributed by atoms with Crippen LogP contribution in [-0.4, -0.2) is 58.9 Å². The highest BCUT2D eigenvalue weighted by atomic mass is 32.1. The lowest BCUT2D eigenvalue weighted by molar-refractivity contribution is -0.137. The van der Waals surface area contributed by atoms with Crippen LogP contribution >= 0.6 is 11.3 Å². The molecule has 7 rings (SSSR count). The van der Waals surface area contributed by atoms with Gasteiger partial charge in [0.05, 0.1) is 21.4 Å². The van der Waals surface area contributed by atoms with Crippen LogP contribution in [0.1, 0.15) is 43.7 Å². The standard InChI is InChI=1S/C30H26F6N6OS/c1-14-5-8-42(14)27-17-9-19(30(34,35)36)22(16-3-4-20(32)25-21(16)18(11-37)26(38)44-25)23(33)24(17)39-28(40-27)43-13-29-6-2-7-41(29)12-15(31)10-29/h3-4,9,14-15H,2,5-8,10,12-13,38H2,1H3. The average molecular weight is 633 g/mol. The monoisotopic (exact) mass is 632 g/mol. The summed E-state index contributed by atoms with van der Waals surface area (Å²) in [6.07, 6.45) is -3.44. The Morgan fingerprint density at radius 2 is 2.02 bits per heavy atom. The molecule has 0 saturated carbocycles. The summed E-state index contributed by atoms with van der Waals surface area (Å²) in [5, 5.41) is 9.26. The Balaban J connectivity index is 1.45. The third-order valence-electron chi connectivity index (χ3n) is 9.22. The number of rotatable bonds is 5. The van der Waals surface area contributed by atoms with Gasteiger partial charge in [-0.3, -0.25) is 4.90 Å². The molecule has 0 aliphatic carbocycles. The maximum absolute atomic E-state index is 16.7. The largest absolute Gasteiger partial charge is 0.461 e. The van der Waals surface area contributed by atoms with E-state index in [0.717, 1.165) is 37.6 Å². The van der Waals surface area contributed by atoms with Crippen molar-refractivity contribution in [2.45, 2.75) is 56.5 Å². The fourth-order valence-electron chi connectivity index (χ4n) is 6.95. The van der Waals surface area contributed by atoms with Crippen LogP contribution in [0.3, 0.4) is 0 Å². The van der Waals surface area contributed by atoms with Gasteiger partial charge in [0.2, 0.25) is 0 Å². The molecule has 230 valence electrons. The van der Waals surface area contributed by atoms with Crippen molar-refractivity contribution >= 4 is 43.1 Å². The van der Waals surface area contributed by atoms with Crippen molar-refractivity contribution in [1.29, 1.82) is 5.26 Å². The van der Waals surface area contributed by atoms with Crippen LogP contribution in [0.4, 0.5) is 37.2 Å². The van der Waals surface area contributed by atoms with Crippen molar-refractivity contribution in [3.05, 3.63) is 41.0 Å². The molecule has 3 unspecified atom stereocenters. The van der Waals surface area contributed by atoms with Gasteiger partial charge < -0.3 is 15.4 Å². The highest BCUT2D eigenvalue weighted by Crippen LogP contribution is 2.48. The van der Waals surface area contributed by atoms with Crippen LogP contribution in [-0.2, 0) is 6.18 Å². The van der Waals surface area contributed by atoms with Gasteiger partial charge in [0, 0.05) is 41.9 Å². The smallest absolute Gasteiger partial charge is 0.417 e. The summed E-state index contributed by atoms with van der Waals surface area (Å²) < 4.78 is 95.8. The van der Waals surface area contributed by atoms with E-state index in [1.54, 1.807) is 4.90 Å². The SMILES string of the molecule is CC1CCN1c1nc(OCC23CCCN2CC(F)C3)nc2c(F)c(-c3ccc(F)c4sc(N)c(C#N)c34)c(C(F)(F)F)cc12. The van der Waals surface area contributed by atoms with Gasteiger partial charge in [0.25, 0.3) is 0 Å². The van der Waals surface area contributed by atoms with Crippen molar-refractivity contribution in [1.82, 2.24) is 14.9 Å². The van der Waals surface area contributed by atoms with Crippen LogP contribution in [0.5, 0.6) is 6.01 Å². The van der Waals surface area contributed by atoms with Crippen LogP contribution in [0.2, 0.25) is 0 Å². The van der Waals surface area contributed by atoms with E-state index in [4.69, 9.17) is 10.5 Å². The Bertz CT molecular complexity index is 1870. The molecule has 3 aliphatic heterocycles. The van der Waals surface area contributed by atoms with Crippen LogP contribution in [0, 0.1) is 23.0 Å². The molecule has 0 spiro atoms. The molecule has 2 aromatic carbocycles. The van der Waals surface area contributed by atoms with Gasteiger partial charge >= 0.3 is 12.2 Å². The van der Waals surface area contributed by atoms with Gasteiger partial charge in [-0.05, 0) is 50.4 Å². The molecule has 0 bridgehead atoms. The molecule has 0 amide bonds. The number of nitrogen functional groups attached to an aromatic ring is 1. The molecule has 2 aromatic heterocycles. The third kappa shape index (κ3) is 4.34. The molecule has 0 radical (unpaired) electrons. The molecule has 3 fully saturated rings. The molecule has 2 N–H and O–H groups in total. The predicted octanol–water partition coefficient (Wildman–Crippen LogP) is 6.82. The lowest BCUT2D eigenvalue weighted by atomic mass is 9.92. The van der Waals surface area contributed by atoms with E-state index in [1.165, 1.54) is 0 Å². The van der Waals surface area contributed by atoms with Crippen molar-refractivity contribution in [2.24, 2.45) is 0 Å². The summed E-state index contributed by atoms with van der Waals surface area (Å²) in [5.41, 5.74) is 2.16. The van der Waals surface area contributed by atoms with Crippen molar-refractivity contribution < 1.29 is 31.1 Å². The van der Waals surface area contributed by atoms with E-state index in [0.29, 0.717) is 30.8 Å². The quantitative estimate of drug-likeness (QED) is 0.242. The molecule has 44 heavy (non-hydrogen) atoms. The molecule has 7 nitrogen and oxygen atoms in total. The van der Waals surface area contributed by atoms with E-state index < -0.39 is 46.2 Å². The van der Waals surface area contributed by atoms with Crippen molar-refractivity contribution in [3.63, 3.8) is 0 Å². The van der Waals surface area contributed by atoms with Gasteiger partial charge in [0.15, 0.2) is 5.82 Å². The minimum absolute atomic E-state index is 0.0430. The number of ether oxygens (including phenoxy) is 1. The number of benzene rings is 2. The number of nitrogens with two attached hydrogens (primary N) is 1. The fourth-order valence-corrected chi connectivity index (χ4v) is 7.90. The number of thiophene rings is 1. The Morgan fingerprint density at radius 1 is 1.23 bits per heavy atom. The Kier molecular flexibility index (Phi) is 6.64. The minimum Gasteiger partial charge on any atom is -0.461 e. The summed E-state index contributed by atoms with van der Waals surface area (Å²) in [6, 6.07) is 4.25. The van der Waals surface area contributed by atoms with Crippen molar-refractivity contribution in [3.8, 4) is 23.2 Å². The van der Waals surface area contributed by atoms with Gasteiger partial charge in [-0.25, -0.2) is 13.2 Å². The number of anilines is 2. The summed E-state index contributed by atoms with van der Waals surface area (Å²) in [6.45, 7) is 3.42. The number of hydrogen-bond donors (Lipinski definition) is 1. The number of alkyl halides is 4. The number of fused-ring (bicyclic) bond motifs is 3. The number of aromatic nitrogens is 2. The zero-order valence-corrected chi connectivity index (χ0v) is 24.3. The number of nitriles is 1. The summed E-state index contributed by atoms with van der Waals surface area (Å²) in [7, 11) is 0. The Morgan fingerprint density at radius 3 is 2.70 bits per heavy atom. The maximum atomic E-state index is 16.7. The van der Waals surface area contributed by atoms with E-state index in [9.17, 15) is 27.2 Å². The number of halogens is 6. The second-order valence-corrected chi connectivity index (χ2v) is 12.8. The Labute approximate surface area is 251 Å². The minimum atomic E-state index is -5.04. The molecular weight excluding hydrogens is 606 g/mol. The summed E-state index contributed by atoms with van der Waals surface area (Å²) in [5.74, 6) is -2.02. The van der Waals surface area contributed by atoms with E-state index in [1.807, 2.05) is 17.9 Å². The summed E-state index contributed by atoms with van der Waals surface area (Å²) in [4.78, 5) is 12.5. The highest BCUT2D eigenvalue weighted by molar-refractivity contribution is 7.23. The van der Waals surface area contributed by atoms with E-state index in [-0.39, 0.29) is 62.5 Å². The van der Waals surface area contributed by atoms with Crippen molar-refractivity contribution in [2.75, 3.05) is 36.9 Å². The number of hydrogen-bond acceptors (Lipinski definition) is 8. The zero-order valence-electron chi connectivity index (χ0n) is 23.4. The fraction of sp³-hybridized carbons (Fsp3) is 0.433. The van der Waals surface area contributed by atoms with Crippen LogP contribution < -0.4 is 15.4 Å². The lowest BCUT2D eigenvalue weighted by Gasteiger charge is -2.40. The van der Waals surface area contributed by atoms with Crippen LogP contribution in [0.15, 0.2) is 18.2 Å². The molecular formula is C30H26F6N6OS. The average Bonchev–Trinajstić information content (AvgIpc) is 3.60. The first-order valence-electron chi connectivity index (χ1n) is 14.2. The highest BCUT2D eigenvalue weighted by Gasteiger charge is 2.49. The third-order valence-corrected chi connectivity index (χ3v) is 10.2. The molecule has 14 heteroatoms. The zero-order chi connectivity index (χ0) is 31.1. The lowest BCUT2D eigenvalue weighted by Crippen LogP contribution is -2.46. The van der Waals surface area contributed by atoms with Gasteiger partial charge in [-0.1, -0.05) is 6.07 Å². The van der Waals surface area contributed by atoms with Gasteiger partial charge in [0.1, 0.15) is 41.0 Å². The van der Waals surface area contributed by atoms with E-state index >= 15 is 4.39 Å². The normalized spacial score (nSPS) is 23.7. The van der Waals surface area contributed by atoms with E-state index in [2.05, 4.69) is 9.97 Å². The first-order valence-corrected chi connectivity index (χ1v) is 15.0. The van der Waals surface area contributed by atoms with Gasteiger partial charge in [-0.2, -0.15) is 28.4 Å². The predicted molar refractivity (Wildman–Crippen MR) is 154 cm³/mol. The first-order chi connectivity index (χ1) is 20.9. The number of nitrogens with zero attached hydrogens (tertiary/aromatic N) is 5. The van der Waals surface area contributed by atoms with Crippen LogP contribution in [0.25, 0.3) is 32.1 Å². The molecule has 5 heterocycles. The first kappa shape index (κ1) is 28.9.